The van der Waals surface area contributed by atoms with Crippen molar-refractivity contribution < 1.29 is 13.6 Å². The number of rotatable bonds is 2. The fourth-order valence-corrected chi connectivity index (χ4v) is 1.93. The molecule has 0 unspecified atom stereocenters. The molecule has 0 radical (unpaired) electrons. The van der Waals surface area contributed by atoms with Crippen LogP contribution in [0.3, 0.4) is 0 Å². The Balaban J connectivity index is 2.51. The van der Waals surface area contributed by atoms with Crippen LogP contribution in [0.2, 0.25) is 10.0 Å². The van der Waals surface area contributed by atoms with Crippen molar-refractivity contribution in [3.05, 3.63) is 69.2 Å². The molecule has 0 heterocycles. The third kappa shape index (κ3) is 2.37. The monoisotopic (exact) mass is 286 g/mol. The van der Waals surface area contributed by atoms with Crippen LogP contribution >= 0.6 is 23.2 Å². The summed E-state index contributed by atoms with van der Waals surface area (Å²) in [6.07, 6.45) is 0. The van der Waals surface area contributed by atoms with Crippen LogP contribution in [0, 0.1) is 11.6 Å². The van der Waals surface area contributed by atoms with Gasteiger partial charge in [-0.1, -0.05) is 29.3 Å². The van der Waals surface area contributed by atoms with Gasteiger partial charge in [0.1, 0.15) is 11.6 Å². The summed E-state index contributed by atoms with van der Waals surface area (Å²) >= 11 is 11.3. The van der Waals surface area contributed by atoms with Gasteiger partial charge in [0.05, 0.1) is 15.6 Å². The number of benzene rings is 2. The first-order chi connectivity index (χ1) is 8.50. The molecule has 1 nitrogen and oxygen atoms in total. The summed E-state index contributed by atoms with van der Waals surface area (Å²) in [5, 5.41) is -0.200. The quantitative estimate of drug-likeness (QED) is 0.743. The van der Waals surface area contributed by atoms with Gasteiger partial charge in [0.2, 0.25) is 0 Å². The molecule has 0 spiro atoms. The second-order valence-corrected chi connectivity index (χ2v) is 4.37. The molecule has 0 saturated heterocycles. The number of hydrogen-bond acceptors (Lipinski definition) is 1. The van der Waals surface area contributed by atoms with E-state index < -0.39 is 17.4 Å². The summed E-state index contributed by atoms with van der Waals surface area (Å²) in [5.74, 6) is -2.01. The first kappa shape index (κ1) is 13.0. The highest BCUT2D eigenvalue weighted by atomic mass is 35.5. The van der Waals surface area contributed by atoms with Gasteiger partial charge in [-0.25, -0.2) is 8.78 Å². The Hall–Kier alpha value is -1.45. The highest BCUT2D eigenvalue weighted by molar-refractivity contribution is 6.35. The molecule has 5 heteroatoms. The average Bonchev–Trinajstić information content (AvgIpc) is 2.32. The van der Waals surface area contributed by atoms with Crippen LogP contribution in [0.15, 0.2) is 36.4 Å². The molecule has 0 atom stereocenters. The Morgan fingerprint density at radius 2 is 1.67 bits per heavy atom. The molecular formula is C13H6Cl2F2O. The minimum Gasteiger partial charge on any atom is -0.288 e. The van der Waals surface area contributed by atoms with Crippen molar-refractivity contribution in [2.24, 2.45) is 0 Å². The molecule has 2 rings (SSSR count). The highest BCUT2D eigenvalue weighted by Gasteiger charge is 2.18. The Kier molecular flexibility index (Phi) is 3.64. The average molecular weight is 287 g/mol. The molecule has 0 N–H and O–H groups in total. The highest BCUT2D eigenvalue weighted by Crippen LogP contribution is 2.24. The van der Waals surface area contributed by atoms with E-state index in [9.17, 15) is 13.6 Å². The zero-order chi connectivity index (χ0) is 13.3. The molecule has 0 bridgehead atoms. The van der Waals surface area contributed by atoms with E-state index >= 15 is 0 Å². The van der Waals surface area contributed by atoms with E-state index in [1.165, 1.54) is 18.2 Å². The van der Waals surface area contributed by atoms with Crippen molar-refractivity contribution in [1.29, 1.82) is 0 Å². The van der Waals surface area contributed by atoms with Crippen molar-refractivity contribution >= 4 is 29.0 Å². The second kappa shape index (κ2) is 5.04. The van der Waals surface area contributed by atoms with Gasteiger partial charge in [-0.05, 0) is 30.3 Å². The molecule has 0 fully saturated rings. The van der Waals surface area contributed by atoms with E-state index in [-0.39, 0.29) is 21.2 Å². The lowest BCUT2D eigenvalue weighted by Gasteiger charge is -2.05. The van der Waals surface area contributed by atoms with Gasteiger partial charge in [-0.2, -0.15) is 0 Å². The van der Waals surface area contributed by atoms with E-state index in [0.717, 1.165) is 18.2 Å². The molecule has 0 aromatic heterocycles. The maximum atomic E-state index is 13.6. The third-order valence-corrected chi connectivity index (χ3v) is 2.98. The fourth-order valence-electron chi connectivity index (χ4n) is 1.50. The maximum absolute atomic E-state index is 13.6. The molecular weight excluding hydrogens is 281 g/mol. The minimum absolute atomic E-state index is 0.000414. The normalized spacial score (nSPS) is 10.4. The zero-order valence-corrected chi connectivity index (χ0v) is 10.4. The standard InChI is InChI=1S/C13H6Cl2F2O/c14-8-2-1-3-11(17)12(8)13(18)7-4-5-10(16)9(15)6-7/h1-6H. The van der Waals surface area contributed by atoms with Crippen molar-refractivity contribution in [2.75, 3.05) is 0 Å². The minimum atomic E-state index is -0.729. The van der Waals surface area contributed by atoms with Crippen LogP contribution < -0.4 is 0 Å². The van der Waals surface area contributed by atoms with Crippen molar-refractivity contribution in [1.82, 2.24) is 0 Å². The molecule has 92 valence electrons. The van der Waals surface area contributed by atoms with Gasteiger partial charge >= 0.3 is 0 Å². The van der Waals surface area contributed by atoms with Crippen LogP contribution in [0.25, 0.3) is 0 Å². The lowest BCUT2D eigenvalue weighted by molar-refractivity contribution is 0.103. The summed E-state index contributed by atoms with van der Waals surface area (Å²) in [7, 11) is 0. The molecule has 0 aliphatic rings. The Labute approximate surface area is 112 Å². The fraction of sp³-hybridized carbons (Fsp3) is 0. The van der Waals surface area contributed by atoms with E-state index in [1.54, 1.807) is 0 Å². The number of carbonyl (C=O) groups is 1. The van der Waals surface area contributed by atoms with E-state index in [2.05, 4.69) is 0 Å². The lowest BCUT2D eigenvalue weighted by atomic mass is 10.0. The molecule has 0 amide bonds. The summed E-state index contributed by atoms with van der Waals surface area (Å²) in [5.41, 5.74) is -0.171. The third-order valence-electron chi connectivity index (χ3n) is 2.37. The summed E-state index contributed by atoms with van der Waals surface area (Å²) in [6, 6.07) is 7.35. The van der Waals surface area contributed by atoms with Gasteiger partial charge in [-0.3, -0.25) is 4.79 Å². The summed E-state index contributed by atoms with van der Waals surface area (Å²) in [4.78, 5) is 12.0. The van der Waals surface area contributed by atoms with Gasteiger partial charge in [-0.15, -0.1) is 0 Å². The largest absolute Gasteiger partial charge is 0.288 e. The topological polar surface area (TPSA) is 17.1 Å². The van der Waals surface area contributed by atoms with Gasteiger partial charge in [0.25, 0.3) is 0 Å². The van der Waals surface area contributed by atoms with Gasteiger partial charge in [0.15, 0.2) is 5.78 Å². The first-order valence-corrected chi connectivity index (χ1v) is 5.70. The zero-order valence-electron chi connectivity index (χ0n) is 8.88. The van der Waals surface area contributed by atoms with Crippen molar-refractivity contribution in [3.8, 4) is 0 Å². The Morgan fingerprint density at radius 1 is 0.944 bits per heavy atom. The van der Waals surface area contributed by atoms with Crippen LogP contribution in [-0.4, -0.2) is 5.78 Å². The molecule has 0 aliphatic heterocycles. The molecule has 18 heavy (non-hydrogen) atoms. The number of carbonyl (C=O) groups excluding carboxylic acids is 1. The lowest BCUT2D eigenvalue weighted by Crippen LogP contribution is -2.05. The smallest absolute Gasteiger partial charge is 0.197 e. The number of hydrogen-bond donors (Lipinski definition) is 0. The Morgan fingerprint density at radius 3 is 2.28 bits per heavy atom. The van der Waals surface area contributed by atoms with Crippen LogP contribution in [0.5, 0.6) is 0 Å². The molecule has 2 aromatic carbocycles. The van der Waals surface area contributed by atoms with Crippen LogP contribution in [0.1, 0.15) is 15.9 Å². The van der Waals surface area contributed by atoms with Crippen LogP contribution in [0.4, 0.5) is 8.78 Å². The second-order valence-electron chi connectivity index (χ2n) is 3.55. The van der Waals surface area contributed by atoms with E-state index in [0.29, 0.717) is 0 Å². The van der Waals surface area contributed by atoms with Gasteiger partial charge in [0, 0.05) is 5.56 Å². The van der Waals surface area contributed by atoms with Crippen molar-refractivity contribution in [3.63, 3.8) is 0 Å². The Bertz CT molecular complexity index is 606. The number of ketones is 1. The summed E-state index contributed by atoms with van der Waals surface area (Å²) in [6.45, 7) is 0. The predicted octanol–water partition coefficient (Wildman–Crippen LogP) is 4.50. The van der Waals surface area contributed by atoms with E-state index in [4.69, 9.17) is 23.2 Å². The summed E-state index contributed by atoms with van der Waals surface area (Å²) < 4.78 is 26.5. The maximum Gasteiger partial charge on any atom is 0.197 e. The molecule has 0 saturated carbocycles. The number of halogens is 4. The van der Waals surface area contributed by atoms with Crippen LogP contribution in [-0.2, 0) is 0 Å². The first-order valence-electron chi connectivity index (χ1n) is 4.94. The molecule has 2 aromatic rings. The SMILES string of the molecule is O=C(c1ccc(F)c(Cl)c1)c1c(F)cccc1Cl. The predicted molar refractivity (Wildman–Crippen MR) is 66.3 cm³/mol. The van der Waals surface area contributed by atoms with Gasteiger partial charge < -0.3 is 0 Å². The van der Waals surface area contributed by atoms with Crippen molar-refractivity contribution in [2.45, 2.75) is 0 Å². The molecule has 0 aliphatic carbocycles. The van der Waals surface area contributed by atoms with E-state index in [1.807, 2.05) is 0 Å².